The maximum Gasteiger partial charge on any atom is 0.269 e. The molecule has 0 amide bonds. The SMILES string of the molecule is CNc1ccc([N+](=O)[O-])cc1CSC1CCOCC1. The van der Waals surface area contributed by atoms with Crippen LogP contribution < -0.4 is 5.32 Å². The van der Waals surface area contributed by atoms with Crippen molar-refractivity contribution in [3.05, 3.63) is 33.9 Å². The molecule has 1 aromatic rings. The molecule has 19 heavy (non-hydrogen) atoms. The molecule has 0 unspecified atom stereocenters. The van der Waals surface area contributed by atoms with Crippen LogP contribution in [-0.4, -0.2) is 30.4 Å². The molecule has 0 saturated carbocycles. The van der Waals surface area contributed by atoms with Crippen LogP contribution in [0.4, 0.5) is 11.4 Å². The highest BCUT2D eigenvalue weighted by molar-refractivity contribution is 7.99. The molecule has 0 spiro atoms. The largest absolute Gasteiger partial charge is 0.388 e. The summed E-state index contributed by atoms with van der Waals surface area (Å²) >= 11 is 1.86. The molecule has 1 fully saturated rings. The van der Waals surface area contributed by atoms with Gasteiger partial charge in [0.05, 0.1) is 4.92 Å². The molecule has 1 aromatic carbocycles. The van der Waals surface area contributed by atoms with Crippen molar-refractivity contribution >= 4 is 23.1 Å². The first kappa shape index (κ1) is 14.1. The molecule has 0 aliphatic carbocycles. The molecule has 1 aliphatic heterocycles. The lowest BCUT2D eigenvalue weighted by Crippen LogP contribution is -2.17. The zero-order chi connectivity index (χ0) is 13.7. The van der Waals surface area contributed by atoms with Crippen LogP contribution >= 0.6 is 11.8 Å². The Morgan fingerprint density at radius 3 is 2.84 bits per heavy atom. The third-order valence-corrected chi connectivity index (χ3v) is 4.63. The molecular weight excluding hydrogens is 264 g/mol. The van der Waals surface area contributed by atoms with Gasteiger partial charge in [-0.05, 0) is 24.5 Å². The van der Waals surface area contributed by atoms with Crippen molar-refractivity contribution in [2.75, 3.05) is 25.6 Å². The average molecular weight is 282 g/mol. The van der Waals surface area contributed by atoms with Crippen LogP contribution in [0.2, 0.25) is 0 Å². The molecule has 2 rings (SSSR count). The first-order valence-corrected chi connectivity index (χ1v) is 7.40. The second-order valence-corrected chi connectivity index (χ2v) is 5.76. The van der Waals surface area contributed by atoms with E-state index in [1.165, 1.54) is 6.07 Å². The molecule has 0 bridgehead atoms. The summed E-state index contributed by atoms with van der Waals surface area (Å²) in [6, 6.07) is 4.98. The van der Waals surface area contributed by atoms with Crippen molar-refractivity contribution in [3.63, 3.8) is 0 Å². The summed E-state index contributed by atoms with van der Waals surface area (Å²) in [5, 5.41) is 14.5. The lowest BCUT2D eigenvalue weighted by Gasteiger charge is -2.21. The quantitative estimate of drug-likeness (QED) is 0.664. The van der Waals surface area contributed by atoms with Gasteiger partial charge in [0, 0.05) is 49.1 Å². The highest BCUT2D eigenvalue weighted by Gasteiger charge is 2.16. The van der Waals surface area contributed by atoms with Crippen LogP contribution in [0.25, 0.3) is 0 Å². The Hall–Kier alpha value is -1.27. The highest BCUT2D eigenvalue weighted by atomic mass is 32.2. The Balaban J connectivity index is 2.04. The molecule has 0 radical (unpaired) electrons. The van der Waals surface area contributed by atoms with Crippen molar-refractivity contribution in [1.29, 1.82) is 0 Å². The maximum absolute atomic E-state index is 10.8. The van der Waals surface area contributed by atoms with Crippen molar-refractivity contribution in [3.8, 4) is 0 Å². The Bertz CT molecular complexity index is 448. The summed E-state index contributed by atoms with van der Waals surface area (Å²) in [6.45, 7) is 1.65. The Morgan fingerprint density at radius 1 is 1.47 bits per heavy atom. The van der Waals surface area contributed by atoms with E-state index < -0.39 is 0 Å². The van der Waals surface area contributed by atoms with E-state index in [2.05, 4.69) is 5.32 Å². The molecule has 1 heterocycles. The lowest BCUT2D eigenvalue weighted by molar-refractivity contribution is -0.384. The number of rotatable bonds is 5. The molecule has 1 aliphatic rings. The number of nitro benzene ring substituents is 1. The topological polar surface area (TPSA) is 64.4 Å². The van der Waals surface area contributed by atoms with E-state index in [4.69, 9.17) is 4.74 Å². The van der Waals surface area contributed by atoms with E-state index in [1.807, 2.05) is 18.8 Å². The summed E-state index contributed by atoms with van der Waals surface area (Å²) in [4.78, 5) is 10.5. The second kappa shape index (κ2) is 6.77. The highest BCUT2D eigenvalue weighted by Crippen LogP contribution is 2.30. The van der Waals surface area contributed by atoms with E-state index in [0.29, 0.717) is 5.25 Å². The third kappa shape index (κ3) is 3.84. The van der Waals surface area contributed by atoms with Crippen molar-refractivity contribution < 1.29 is 9.66 Å². The maximum atomic E-state index is 10.8. The fourth-order valence-electron chi connectivity index (χ4n) is 2.11. The summed E-state index contributed by atoms with van der Waals surface area (Å²) in [6.07, 6.45) is 2.13. The Morgan fingerprint density at radius 2 is 2.21 bits per heavy atom. The Kier molecular flexibility index (Phi) is 5.04. The van der Waals surface area contributed by atoms with Gasteiger partial charge in [-0.3, -0.25) is 10.1 Å². The van der Waals surface area contributed by atoms with Crippen LogP contribution in [0.5, 0.6) is 0 Å². The van der Waals surface area contributed by atoms with Crippen molar-refractivity contribution in [1.82, 2.24) is 0 Å². The predicted molar refractivity (Wildman–Crippen MR) is 77.8 cm³/mol. The van der Waals surface area contributed by atoms with Gasteiger partial charge in [0.1, 0.15) is 0 Å². The molecule has 104 valence electrons. The van der Waals surface area contributed by atoms with Gasteiger partial charge in [0.2, 0.25) is 0 Å². The zero-order valence-corrected chi connectivity index (χ0v) is 11.7. The third-order valence-electron chi connectivity index (χ3n) is 3.21. The van der Waals surface area contributed by atoms with Gasteiger partial charge in [0.15, 0.2) is 0 Å². The van der Waals surface area contributed by atoms with E-state index in [0.717, 1.165) is 43.1 Å². The van der Waals surface area contributed by atoms with E-state index >= 15 is 0 Å². The standard InChI is InChI=1S/C13H18N2O3S/c1-14-13-3-2-11(15(16)17)8-10(13)9-19-12-4-6-18-7-5-12/h2-3,8,12,14H,4-7,9H2,1H3. The van der Waals surface area contributed by atoms with Gasteiger partial charge < -0.3 is 10.1 Å². The first-order chi connectivity index (χ1) is 9.20. The minimum atomic E-state index is -0.345. The summed E-state index contributed by atoms with van der Waals surface area (Å²) in [5.41, 5.74) is 2.11. The number of anilines is 1. The van der Waals surface area contributed by atoms with Crippen LogP contribution in [0.1, 0.15) is 18.4 Å². The number of benzene rings is 1. The average Bonchev–Trinajstić information content (AvgIpc) is 2.45. The predicted octanol–water partition coefficient (Wildman–Crippen LogP) is 3.05. The van der Waals surface area contributed by atoms with E-state index in [-0.39, 0.29) is 10.6 Å². The van der Waals surface area contributed by atoms with E-state index in [9.17, 15) is 10.1 Å². The lowest BCUT2D eigenvalue weighted by atomic mass is 10.2. The number of thioether (sulfide) groups is 1. The number of nitro groups is 1. The number of nitrogens with zero attached hydrogens (tertiary/aromatic N) is 1. The fraction of sp³-hybridized carbons (Fsp3) is 0.538. The smallest absolute Gasteiger partial charge is 0.269 e. The number of hydrogen-bond acceptors (Lipinski definition) is 5. The van der Waals surface area contributed by atoms with Crippen LogP contribution in [0, 0.1) is 10.1 Å². The number of non-ortho nitro benzene ring substituents is 1. The van der Waals surface area contributed by atoms with Gasteiger partial charge in [-0.15, -0.1) is 0 Å². The van der Waals surface area contributed by atoms with Gasteiger partial charge in [-0.1, -0.05) is 0 Å². The Labute approximate surface area is 116 Å². The number of hydrogen-bond donors (Lipinski definition) is 1. The second-order valence-electron chi connectivity index (χ2n) is 4.47. The van der Waals surface area contributed by atoms with Crippen LogP contribution in [-0.2, 0) is 10.5 Å². The zero-order valence-electron chi connectivity index (χ0n) is 10.9. The monoisotopic (exact) mass is 282 g/mol. The van der Waals surface area contributed by atoms with Crippen LogP contribution in [0.15, 0.2) is 18.2 Å². The molecule has 1 N–H and O–H groups in total. The molecule has 5 nitrogen and oxygen atoms in total. The molecular formula is C13H18N2O3S. The van der Waals surface area contributed by atoms with Crippen LogP contribution in [0.3, 0.4) is 0 Å². The number of ether oxygens (including phenoxy) is 1. The van der Waals surface area contributed by atoms with Gasteiger partial charge in [-0.2, -0.15) is 11.8 Å². The first-order valence-electron chi connectivity index (χ1n) is 6.35. The van der Waals surface area contributed by atoms with Gasteiger partial charge >= 0.3 is 0 Å². The van der Waals surface area contributed by atoms with Crippen molar-refractivity contribution in [2.45, 2.75) is 23.8 Å². The van der Waals surface area contributed by atoms with Gasteiger partial charge in [0.25, 0.3) is 5.69 Å². The molecule has 0 atom stereocenters. The number of nitrogens with one attached hydrogen (secondary N) is 1. The molecule has 6 heteroatoms. The molecule has 1 saturated heterocycles. The normalized spacial score (nSPS) is 16.3. The summed E-state index contributed by atoms with van der Waals surface area (Å²) in [7, 11) is 1.84. The van der Waals surface area contributed by atoms with E-state index in [1.54, 1.807) is 12.1 Å². The minimum Gasteiger partial charge on any atom is -0.388 e. The molecule has 0 aromatic heterocycles. The van der Waals surface area contributed by atoms with Crippen molar-refractivity contribution in [2.24, 2.45) is 0 Å². The minimum absolute atomic E-state index is 0.154. The summed E-state index contributed by atoms with van der Waals surface area (Å²) < 4.78 is 5.33. The van der Waals surface area contributed by atoms with Gasteiger partial charge in [-0.25, -0.2) is 0 Å². The summed E-state index contributed by atoms with van der Waals surface area (Å²) in [5.74, 6) is 0.794. The fourth-order valence-corrected chi connectivity index (χ4v) is 3.29.